The number of carbonyl (C=O) groups is 1. The number of nitrogens with one attached hydrogen (secondary N) is 1. The van der Waals surface area contributed by atoms with E-state index in [0.717, 1.165) is 0 Å². The van der Waals surface area contributed by atoms with E-state index in [-0.39, 0.29) is 42.7 Å². The number of benzene rings is 1. The fourth-order valence-electron chi connectivity index (χ4n) is 4.59. The molecule has 0 aliphatic carbocycles. The molecule has 1 fully saturated rings. The van der Waals surface area contributed by atoms with Crippen LogP contribution in [0.15, 0.2) is 28.5 Å². The molecule has 0 bridgehead atoms. The Kier molecular flexibility index (Phi) is 9.78. The summed E-state index contributed by atoms with van der Waals surface area (Å²) in [7, 11) is 0. The molecule has 0 spiro atoms. The van der Waals surface area contributed by atoms with E-state index in [4.69, 9.17) is 16.0 Å². The number of nitrogens with two attached hydrogens (primary N) is 1. The van der Waals surface area contributed by atoms with Crippen LogP contribution in [0, 0.1) is 5.41 Å². The smallest absolute Gasteiger partial charge is 0.416 e. The van der Waals surface area contributed by atoms with Gasteiger partial charge < -0.3 is 20.4 Å². The molecule has 14 heteroatoms. The summed E-state index contributed by atoms with van der Waals surface area (Å²) in [5, 5.41) is 14.9. The van der Waals surface area contributed by atoms with Crippen LogP contribution in [0.4, 0.5) is 31.1 Å². The number of halogens is 6. The SMILES string of the molecule is CCC1CC(N(Cc2cc(C(F)(F)F)cc(C(F)(F)F)c2)C(=N)/N=N\N)C[C@H](CC)N1C(=O)OC(C)C. The lowest BCUT2D eigenvalue weighted by atomic mass is 9.87. The molecule has 2 rings (SSSR count). The summed E-state index contributed by atoms with van der Waals surface area (Å²) in [4.78, 5) is 15.7. The number of carbonyl (C=O) groups excluding carboxylic acids is 1. The number of alkyl halides is 6. The molecule has 1 aliphatic heterocycles. The van der Waals surface area contributed by atoms with E-state index in [0.29, 0.717) is 25.0 Å². The third-order valence-corrected chi connectivity index (χ3v) is 6.23. The third-order valence-electron chi connectivity index (χ3n) is 6.23. The predicted octanol–water partition coefficient (Wildman–Crippen LogP) is 6.35. The average Bonchev–Trinajstić information content (AvgIpc) is 2.79. The molecular weight excluding hydrogens is 506 g/mol. The lowest BCUT2D eigenvalue weighted by molar-refractivity contribution is -0.143. The number of guanidine groups is 1. The number of piperidine rings is 1. The highest BCUT2D eigenvalue weighted by Gasteiger charge is 2.41. The molecule has 1 aliphatic rings. The number of hydrogen-bond acceptors (Lipinski definition) is 4. The molecule has 3 N–H and O–H groups in total. The monoisotopic (exact) mass is 538 g/mol. The minimum Gasteiger partial charge on any atom is -0.447 e. The van der Waals surface area contributed by atoms with E-state index in [9.17, 15) is 31.1 Å². The Bertz CT molecular complexity index is 935. The summed E-state index contributed by atoms with van der Waals surface area (Å²) in [6, 6.07) is 0.0784. The first-order valence-electron chi connectivity index (χ1n) is 11.9. The molecule has 1 heterocycles. The number of nitrogens with zero attached hydrogens (tertiary/aromatic N) is 4. The van der Waals surface area contributed by atoms with Gasteiger partial charge >= 0.3 is 18.4 Å². The lowest BCUT2D eigenvalue weighted by Gasteiger charge is -2.47. The molecule has 1 aromatic rings. The van der Waals surface area contributed by atoms with Gasteiger partial charge in [0.05, 0.1) is 17.2 Å². The van der Waals surface area contributed by atoms with Crippen molar-refractivity contribution in [2.45, 2.75) is 96.5 Å². The molecule has 0 radical (unpaired) electrons. The summed E-state index contributed by atoms with van der Waals surface area (Å²) in [5.41, 5.74) is -3.20. The first-order valence-corrected chi connectivity index (χ1v) is 11.9. The fraction of sp³-hybridized carbons (Fsp3) is 0.652. The maximum atomic E-state index is 13.4. The first-order chi connectivity index (χ1) is 17.1. The maximum absolute atomic E-state index is 13.4. The van der Waals surface area contributed by atoms with Gasteiger partial charge in [-0.25, -0.2) is 4.79 Å². The second-order valence-corrected chi connectivity index (χ2v) is 9.17. The second-order valence-electron chi connectivity index (χ2n) is 9.17. The topological polar surface area (TPSA) is 107 Å². The normalized spacial score (nSPS) is 20.9. The van der Waals surface area contributed by atoms with Gasteiger partial charge in [-0.2, -0.15) is 26.3 Å². The van der Waals surface area contributed by atoms with E-state index in [1.165, 1.54) is 4.90 Å². The number of rotatable bonds is 6. The molecule has 3 atom stereocenters. The van der Waals surface area contributed by atoms with Crippen LogP contribution in [-0.4, -0.2) is 46.1 Å². The highest BCUT2D eigenvalue weighted by Crippen LogP contribution is 2.37. The number of likely N-dealkylation sites (tertiary alicyclic amines) is 1. The highest BCUT2D eigenvalue weighted by atomic mass is 19.4. The van der Waals surface area contributed by atoms with Crippen LogP contribution in [0.25, 0.3) is 0 Å². The lowest BCUT2D eigenvalue weighted by Crippen LogP contribution is -2.57. The van der Waals surface area contributed by atoms with Gasteiger partial charge in [-0.3, -0.25) is 5.41 Å². The summed E-state index contributed by atoms with van der Waals surface area (Å²) >= 11 is 0. The van der Waals surface area contributed by atoms with Crippen LogP contribution >= 0.6 is 0 Å². The van der Waals surface area contributed by atoms with Gasteiger partial charge in [-0.15, -0.1) is 0 Å². The summed E-state index contributed by atoms with van der Waals surface area (Å²) in [6.07, 6.45) is -9.26. The van der Waals surface area contributed by atoms with Crippen molar-refractivity contribution in [3.63, 3.8) is 0 Å². The van der Waals surface area contributed by atoms with Crippen LogP contribution in [0.2, 0.25) is 0 Å². The standard InChI is InChI=1S/C23H32F6N6O2/c1-5-17-10-19(11-18(6-2)35(17)21(36)37-13(3)4)34(20(30)32-33-31)12-14-7-15(22(24,25)26)9-16(8-14)23(27,28)29/h7-9,13,17-19H,5-6,10-12H2,1-4H3,(H3,30,31,32)/t17-,18?,19?/m0/s1. The van der Waals surface area contributed by atoms with Crippen molar-refractivity contribution in [3.8, 4) is 0 Å². The molecule has 1 aromatic carbocycles. The minimum absolute atomic E-state index is 0.0534. The van der Waals surface area contributed by atoms with Crippen molar-refractivity contribution in [1.29, 1.82) is 5.41 Å². The van der Waals surface area contributed by atoms with Crippen molar-refractivity contribution < 1.29 is 35.9 Å². The Hall–Kier alpha value is -3.06. The van der Waals surface area contributed by atoms with Crippen LogP contribution in [-0.2, 0) is 23.6 Å². The van der Waals surface area contributed by atoms with E-state index in [2.05, 4.69) is 10.3 Å². The zero-order valence-electron chi connectivity index (χ0n) is 21.0. The second kappa shape index (κ2) is 12.0. The summed E-state index contributed by atoms with van der Waals surface area (Å²) < 4.78 is 85.7. The molecule has 8 nitrogen and oxygen atoms in total. The maximum Gasteiger partial charge on any atom is 0.416 e. The van der Waals surface area contributed by atoms with E-state index >= 15 is 0 Å². The van der Waals surface area contributed by atoms with E-state index < -0.39 is 48.1 Å². The van der Waals surface area contributed by atoms with Gasteiger partial charge in [0.1, 0.15) is 0 Å². The Morgan fingerprint density at radius 2 is 1.57 bits per heavy atom. The van der Waals surface area contributed by atoms with Crippen LogP contribution < -0.4 is 5.84 Å². The Labute approximate surface area is 211 Å². The largest absolute Gasteiger partial charge is 0.447 e. The quantitative estimate of drug-likeness (QED) is 0.110. The fourth-order valence-corrected chi connectivity index (χ4v) is 4.59. The van der Waals surface area contributed by atoms with Crippen LogP contribution in [0.1, 0.15) is 70.1 Å². The van der Waals surface area contributed by atoms with Gasteiger partial charge in [-0.05, 0) is 63.3 Å². The van der Waals surface area contributed by atoms with Crippen molar-refractivity contribution >= 4 is 12.1 Å². The van der Waals surface area contributed by atoms with Gasteiger partial charge in [0.25, 0.3) is 0 Å². The van der Waals surface area contributed by atoms with Crippen molar-refractivity contribution in [2.75, 3.05) is 0 Å². The van der Waals surface area contributed by atoms with Crippen LogP contribution in [0.3, 0.4) is 0 Å². The number of hydrogen-bond donors (Lipinski definition) is 2. The van der Waals surface area contributed by atoms with Crippen molar-refractivity contribution in [3.05, 3.63) is 34.9 Å². The van der Waals surface area contributed by atoms with Gasteiger partial charge in [-0.1, -0.05) is 24.2 Å². The zero-order valence-corrected chi connectivity index (χ0v) is 21.0. The Morgan fingerprint density at radius 1 is 1.08 bits per heavy atom. The Morgan fingerprint density at radius 3 is 1.95 bits per heavy atom. The minimum atomic E-state index is -5.01. The molecular formula is C23H32F6N6O2. The average molecular weight is 539 g/mol. The number of ether oxygens (including phenoxy) is 1. The summed E-state index contributed by atoms with van der Waals surface area (Å²) in [6.45, 7) is 6.68. The van der Waals surface area contributed by atoms with E-state index in [1.54, 1.807) is 18.7 Å². The predicted molar refractivity (Wildman–Crippen MR) is 123 cm³/mol. The number of amides is 1. The van der Waals surface area contributed by atoms with Gasteiger partial charge in [0.2, 0.25) is 5.96 Å². The molecule has 0 aromatic heterocycles. The Balaban J connectivity index is 2.49. The molecule has 37 heavy (non-hydrogen) atoms. The third kappa shape index (κ3) is 7.71. The van der Waals surface area contributed by atoms with Crippen molar-refractivity contribution in [2.24, 2.45) is 16.2 Å². The summed E-state index contributed by atoms with van der Waals surface area (Å²) in [5.74, 6) is 4.58. The molecule has 2 unspecified atom stereocenters. The van der Waals surface area contributed by atoms with Gasteiger partial charge in [0, 0.05) is 24.7 Å². The van der Waals surface area contributed by atoms with Crippen LogP contribution in [0.5, 0.6) is 0 Å². The molecule has 208 valence electrons. The van der Waals surface area contributed by atoms with Gasteiger partial charge in [0.15, 0.2) is 0 Å². The first kappa shape index (κ1) is 30.2. The zero-order chi connectivity index (χ0) is 28.1. The highest BCUT2D eigenvalue weighted by molar-refractivity contribution is 5.77. The van der Waals surface area contributed by atoms with Crippen molar-refractivity contribution in [1.82, 2.24) is 9.80 Å². The molecule has 1 amide bonds. The van der Waals surface area contributed by atoms with E-state index in [1.807, 2.05) is 13.8 Å². The molecule has 1 saturated heterocycles. The molecule has 0 saturated carbocycles.